The van der Waals surface area contributed by atoms with Gasteiger partial charge < -0.3 is 19.5 Å². The number of ether oxygens (including phenoxy) is 1. The van der Waals surface area contributed by atoms with E-state index in [1.54, 1.807) is 13.1 Å². The van der Waals surface area contributed by atoms with Crippen molar-refractivity contribution in [3.8, 4) is 0 Å². The molecule has 0 fully saturated rings. The fourth-order valence-electron chi connectivity index (χ4n) is 3.00. The molecule has 1 unspecified atom stereocenters. The van der Waals surface area contributed by atoms with Gasteiger partial charge in [-0.25, -0.2) is 18.0 Å². The SMILES string of the molecule is CCS(=O)(=O)CCN1Cc2cccn2CC(OCc2ccccn2)C1.O=C(O)C(F)(F)F.O=C(O)C(F)(F)F. The Labute approximate surface area is 219 Å². The first-order valence-corrected chi connectivity index (χ1v) is 12.9. The molecular formula is C22H27F6N3O7S. The number of halogens is 6. The predicted molar refractivity (Wildman–Crippen MR) is 124 cm³/mol. The van der Waals surface area contributed by atoms with Crippen LogP contribution in [0.15, 0.2) is 42.7 Å². The predicted octanol–water partition coefficient (Wildman–Crippen LogP) is 2.99. The maximum Gasteiger partial charge on any atom is 0.490 e. The number of nitrogens with zero attached hydrogens (tertiary/aromatic N) is 3. The van der Waals surface area contributed by atoms with Crippen LogP contribution in [0, 0.1) is 0 Å². The Hall–Kier alpha value is -3.18. The Morgan fingerprint density at radius 2 is 1.62 bits per heavy atom. The number of rotatable bonds is 7. The summed E-state index contributed by atoms with van der Waals surface area (Å²) in [6.07, 6.45) is -6.35. The van der Waals surface area contributed by atoms with Gasteiger partial charge in [0, 0.05) is 50.0 Å². The second kappa shape index (κ2) is 14.8. The van der Waals surface area contributed by atoms with Gasteiger partial charge in [0.2, 0.25) is 0 Å². The number of aromatic nitrogens is 2. The molecule has 0 amide bonds. The zero-order chi connectivity index (χ0) is 29.9. The van der Waals surface area contributed by atoms with E-state index >= 15 is 0 Å². The van der Waals surface area contributed by atoms with Crippen molar-refractivity contribution in [1.29, 1.82) is 0 Å². The molecule has 0 aromatic carbocycles. The molecule has 2 aromatic rings. The Morgan fingerprint density at radius 3 is 2.10 bits per heavy atom. The van der Waals surface area contributed by atoms with Crippen LogP contribution in [0.25, 0.3) is 0 Å². The molecule has 0 spiro atoms. The second-order valence-corrected chi connectivity index (χ2v) is 10.5. The van der Waals surface area contributed by atoms with Crippen molar-refractivity contribution in [3.63, 3.8) is 0 Å². The summed E-state index contributed by atoms with van der Waals surface area (Å²) in [5.41, 5.74) is 2.09. The van der Waals surface area contributed by atoms with Crippen LogP contribution in [0.5, 0.6) is 0 Å². The number of carbonyl (C=O) groups is 2. The van der Waals surface area contributed by atoms with E-state index in [1.807, 2.05) is 24.3 Å². The molecule has 220 valence electrons. The van der Waals surface area contributed by atoms with Gasteiger partial charge >= 0.3 is 24.3 Å². The van der Waals surface area contributed by atoms with Gasteiger partial charge in [-0.1, -0.05) is 13.0 Å². The van der Waals surface area contributed by atoms with Crippen molar-refractivity contribution >= 4 is 21.8 Å². The Bertz CT molecular complexity index is 1130. The minimum Gasteiger partial charge on any atom is -0.475 e. The molecule has 0 saturated carbocycles. The molecule has 2 N–H and O–H groups in total. The molecule has 39 heavy (non-hydrogen) atoms. The summed E-state index contributed by atoms with van der Waals surface area (Å²) in [5.74, 6) is -5.13. The Morgan fingerprint density at radius 1 is 1.03 bits per heavy atom. The summed E-state index contributed by atoms with van der Waals surface area (Å²) in [4.78, 5) is 24.3. The van der Waals surface area contributed by atoms with Crippen LogP contribution in [0.2, 0.25) is 0 Å². The standard InChI is InChI=1S/C18H25N3O3S.2C2HF3O2/c1-2-25(22,23)11-10-20-12-17-7-5-9-21(17)14-18(13-20)24-15-16-6-3-4-8-19-16;2*3-2(4,5)1(6)7/h3-9,18H,2,10-15H2,1H3;2*(H,6,7). The molecule has 3 rings (SSSR count). The first-order valence-electron chi connectivity index (χ1n) is 11.1. The Kier molecular flexibility index (Phi) is 12.9. The fraction of sp³-hybridized carbons (Fsp3) is 0.500. The van der Waals surface area contributed by atoms with E-state index in [0.717, 1.165) is 18.8 Å². The topological polar surface area (TPSA) is 139 Å². The van der Waals surface area contributed by atoms with Gasteiger partial charge in [-0.3, -0.25) is 9.88 Å². The Balaban J connectivity index is 0.000000449. The van der Waals surface area contributed by atoms with E-state index in [-0.39, 0.29) is 17.6 Å². The van der Waals surface area contributed by atoms with Crippen LogP contribution in [0.4, 0.5) is 26.3 Å². The number of fused-ring (bicyclic) bond motifs is 1. The number of alkyl halides is 6. The lowest BCUT2D eigenvalue weighted by Crippen LogP contribution is -2.36. The number of aliphatic carboxylic acids is 2. The highest BCUT2D eigenvalue weighted by molar-refractivity contribution is 7.91. The summed E-state index contributed by atoms with van der Waals surface area (Å²) in [6, 6.07) is 9.89. The fourth-order valence-corrected chi connectivity index (χ4v) is 3.83. The quantitative estimate of drug-likeness (QED) is 0.466. The maximum absolute atomic E-state index is 11.8. The molecule has 1 aliphatic heterocycles. The van der Waals surface area contributed by atoms with Crippen molar-refractivity contribution < 1.29 is 59.3 Å². The van der Waals surface area contributed by atoms with Gasteiger partial charge in [0.15, 0.2) is 9.84 Å². The van der Waals surface area contributed by atoms with Gasteiger partial charge in [-0.05, 0) is 24.3 Å². The van der Waals surface area contributed by atoms with Crippen molar-refractivity contribution in [2.45, 2.75) is 45.1 Å². The van der Waals surface area contributed by atoms with Crippen LogP contribution in [-0.4, -0.2) is 88.1 Å². The third-order valence-electron chi connectivity index (χ3n) is 5.01. The molecule has 10 nitrogen and oxygen atoms in total. The normalized spacial score (nSPS) is 16.0. The first kappa shape index (κ1) is 33.8. The number of pyridine rings is 1. The molecule has 0 aliphatic carbocycles. The van der Waals surface area contributed by atoms with Crippen LogP contribution >= 0.6 is 0 Å². The number of hydrogen-bond donors (Lipinski definition) is 2. The van der Waals surface area contributed by atoms with Crippen LogP contribution in [0.1, 0.15) is 18.3 Å². The smallest absolute Gasteiger partial charge is 0.475 e. The first-order chi connectivity index (χ1) is 17.9. The molecule has 0 radical (unpaired) electrons. The summed E-state index contributed by atoms with van der Waals surface area (Å²) in [7, 11) is -2.97. The van der Waals surface area contributed by atoms with Crippen molar-refractivity contribution in [3.05, 3.63) is 54.1 Å². The van der Waals surface area contributed by atoms with Gasteiger partial charge in [-0.15, -0.1) is 0 Å². The molecule has 0 saturated heterocycles. The van der Waals surface area contributed by atoms with Gasteiger partial charge in [0.1, 0.15) is 0 Å². The van der Waals surface area contributed by atoms with E-state index in [4.69, 9.17) is 24.5 Å². The largest absolute Gasteiger partial charge is 0.490 e. The number of hydrogen-bond acceptors (Lipinski definition) is 7. The van der Waals surface area contributed by atoms with Crippen LogP contribution in [-0.2, 0) is 43.9 Å². The molecule has 2 aromatic heterocycles. The lowest BCUT2D eigenvalue weighted by molar-refractivity contribution is -0.193. The summed E-state index contributed by atoms with van der Waals surface area (Å²) < 4.78 is 95.4. The summed E-state index contributed by atoms with van der Waals surface area (Å²) >= 11 is 0. The highest BCUT2D eigenvalue weighted by Gasteiger charge is 2.38. The zero-order valence-electron chi connectivity index (χ0n) is 20.5. The van der Waals surface area contributed by atoms with E-state index in [2.05, 4.69) is 26.7 Å². The monoisotopic (exact) mass is 591 g/mol. The van der Waals surface area contributed by atoms with Crippen molar-refractivity contribution in [2.75, 3.05) is 24.6 Å². The second-order valence-electron chi connectivity index (χ2n) is 7.98. The molecule has 3 heterocycles. The van der Waals surface area contributed by atoms with E-state index < -0.39 is 34.1 Å². The average molecular weight is 592 g/mol. The zero-order valence-corrected chi connectivity index (χ0v) is 21.3. The third-order valence-corrected chi connectivity index (χ3v) is 6.69. The average Bonchev–Trinajstić information content (AvgIpc) is 3.20. The minimum atomic E-state index is -5.08. The number of carboxylic acid groups (broad SMARTS) is 2. The maximum atomic E-state index is 11.8. The van der Waals surface area contributed by atoms with E-state index in [0.29, 0.717) is 19.7 Å². The molecule has 1 aliphatic rings. The molecule has 0 bridgehead atoms. The highest BCUT2D eigenvalue weighted by atomic mass is 32.2. The van der Waals surface area contributed by atoms with Crippen molar-refractivity contribution in [2.24, 2.45) is 0 Å². The van der Waals surface area contributed by atoms with E-state index in [1.165, 1.54) is 5.69 Å². The molecule has 17 heteroatoms. The van der Waals surface area contributed by atoms with Gasteiger partial charge in [0.05, 0.1) is 24.2 Å². The molecule has 1 atom stereocenters. The lowest BCUT2D eigenvalue weighted by atomic mass is 10.3. The summed E-state index contributed by atoms with van der Waals surface area (Å²) in [6.45, 7) is 4.92. The summed E-state index contributed by atoms with van der Waals surface area (Å²) in [5, 5.41) is 14.2. The number of sulfone groups is 1. The van der Waals surface area contributed by atoms with Crippen LogP contribution < -0.4 is 0 Å². The highest BCUT2D eigenvalue weighted by Crippen LogP contribution is 2.17. The lowest BCUT2D eigenvalue weighted by Gasteiger charge is -2.24. The van der Waals surface area contributed by atoms with Gasteiger partial charge in [0.25, 0.3) is 0 Å². The van der Waals surface area contributed by atoms with Crippen LogP contribution in [0.3, 0.4) is 0 Å². The third kappa shape index (κ3) is 13.4. The van der Waals surface area contributed by atoms with E-state index in [9.17, 15) is 34.8 Å². The minimum absolute atomic E-state index is 0.0000123. The van der Waals surface area contributed by atoms with Crippen molar-refractivity contribution in [1.82, 2.24) is 14.5 Å². The molecular weight excluding hydrogens is 564 g/mol. The van der Waals surface area contributed by atoms with Gasteiger partial charge in [-0.2, -0.15) is 26.3 Å². The number of carboxylic acids is 2.